The van der Waals surface area contributed by atoms with Crippen molar-refractivity contribution in [3.8, 4) is 0 Å². The van der Waals surface area contributed by atoms with Gasteiger partial charge in [0.05, 0.1) is 0 Å². The summed E-state index contributed by atoms with van der Waals surface area (Å²) in [5.41, 5.74) is 0. The maximum Gasteiger partial charge on any atom is -0.0533 e. The number of unbranched alkanes of at least 4 members (excludes halogenated alkanes) is 8. The first-order chi connectivity index (χ1) is 6.83. The molecule has 0 radical (unpaired) electrons. The average molecular weight is 200 g/mol. The van der Waals surface area contributed by atoms with Crippen molar-refractivity contribution in [2.24, 2.45) is 0 Å². The van der Waals surface area contributed by atoms with E-state index in [0.29, 0.717) is 0 Å². The highest BCUT2D eigenvalue weighted by Gasteiger charge is 1.83. The van der Waals surface area contributed by atoms with Crippen molar-refractivity contribution < 1.29 is 0 Å². The highest BCUT2D eigenvalue weighted by Crippen LogP contribution is 2.03. The summed E-state index contributed by atoms with van der Waals surface area (Å²) in [6.45, 7) is 8.98. The van der Waals surface area contributed by atoms with Crippen molar-refractivity contribution in [2.75, 3.05) is 0 Å². The standard InChI is InChI=1S/C8H18.C6H14/c1-3-5-7-8-6-4-2;1-3-5-6-4-2/h3-8H2,1-2H3;3-6H2,1-2H3. The molecule has 0 unspecified atom stereocenters. The first-order valence-corrected chi connectivity index (χ1v) is 6.83. The summed E-state index contributed by atoms with van der Waals surface area (Å²) in [6, 6.07) is 0. The van der Waals surface area contributed by atoms with Crippen LogP contribution in [0.1, 0.15) is 91.9 Å². The Kier molecular flexibility index (Phi) is 22.0. The molecule has 0 heterocycles. The second-order valence-corrected chi connectivity index (χ2v) is 4.12. The molecular formula is C14H32. The Hall–Kier alpha value is 0. The minimum absolute atomic E-state index is 1.36. The monoisotopic (exact) mass is 200 g/mol. The molecule has 0 spiro atoms. The fraction of sp³-hybridized carbons (Fsp3) is 1.00. The van der Waals surface area contributed by atoms with E-state index in [9.17, 15) is 0 Å². The smallest absolute Gasteiger partial charge is 0.0533 e. The first kappa shape index (κ1) is 16.4. The molecule has 0 aliphatic rings. The average Bonchev–Trinajstić information content (AvgIpc) is 2.22. The lowest BCUT2D eigenvalue weighted by atomic mass is 10.1. The second kappa shape index (κ2) is 18.7. The molecule has 0 N–H and O–H groups in total. The third-order valence-corrected chi connectivity index (χ3v) is 2.41. The molecule has 0 rings (SSSR count). The summed E-state index contributed by atoms with van der Waals surface area (Å²) in [5.74, 6) is 0. The van der Waals surface area contributed by atoms with E-state index in [2.05, 4.69) is 27.7 Å². The van der Waals surface area contributed by atoms with Crippen molar-refractivity contribution in [2.45, 2.75) is 91.9 Å². The molecule has 0 amide bonds. The van der Waals surface area contributed by atoms with Gasteiger partial charge < -0.3 is 0 Å². The van der Waals surface area contributed by atoms with Crippen LogP contribution < -0.4 is 0 Å². The number of rotatable bonds is 8. The Morgan fingerprint density at radius 1 is 0.357 bits per heavy atom. The van der Waals surface area contributed by atoms with E-state index in [-0.39, 0.29) is 0 Å². The van der Waals surface area contributed by atoms with Crippen LogP contribution in [0.25, 0.3) is 0 Å². The second-order valence-electron chi connectivity index (χ2n) is 4.12. The molecule has 14 heavy (non-hydrogen) atoms. The molecule has 0 saturated heterocycles. The lowest BCUT2D eigenvalue weighted by Gasteiger charge is -1.93. The highest BCUT2D eigenvalue weighted by molar-refractivity contribution is 4.39. The maximum absolute atomic E-state index is 2.26. The molecule has 0 atom stereocenters. The van der Waals surface area contributed by atoms with E-state index in [0.717, 1.165) is 0 Å². The fourth-order valence-corrected chi connectivity index (χ4v) is 1.35. The van der Waals surface area contributed by atoms with Gasteiger partial charge in [0.1, 0.15) is 0 Å². The first-order valence-electron chi connectivity index (χ1n) is 6.83. The maximum atomic E-state index is 2.26. The summed E-state index contributed by atoms with van der Waals surface area (Å²) in [6.07, 6.45) is 14.0. The molecule has 0 aromatic rings. The molecule has 88 valence electrons. The molecule has 0 aliphatic carbocycles. The predicted molar refractivity (Wildman–Crippen MR) is 68.9 cm³/mol. The Bertz CT molecular complexity index is 56.4. The van der Waals surface area contributed by atoms with Crippen LogP contribution in [0, 0.1) is 0 Å². The van der Waals surface area contributed by atoms with Gasteiger partial charge in [-0.25, -0.2) is 0 Å². The SMILES string of the molecule is CCCCCC.CCCCCCCC. The Morgan fingerprint density at radius 3 is 0.786 bits per heavy atom. The zero-order valence-corrected chi connectivity index (χ0v) is 11.1. The zero-order valence-electron chi connectivity index (χ0n) is 11.1. The molecule has 0 bridgehead atoms. The van der Waals surface area contributed by atoms with Gasteiger partial charge in [-0.05, 0) is 0 Å². The molecule has 0 aliphatic heterocycles. The molecule has 0 aromatic carbocycles. The van der Waals surface area contributed by atoms with Gasteiger partial charge in [-0.1, -0.05) is 91.9 Å². The van der Waals surface area contributed by atoms with E-state index in [1.54, 1.807) is 0 Å². The fourth-order valence-electron chi connectivity index (χ4n) is 1.35. The number of hydrogen-bond donors (Lipinski definition) is 0. The molecule has 0 saturated carbocycles. The van der Waals surface area contributed by atoms with Crippen molar-refractivity contribution >= 4 is 0 Å². The van der Waals surface area contributed by atoms with Crippen LogP contribution in [0.15, 0.2) is 0 Å². The minimum atomic E-state index is 1.36. The summed E-state index contributed by atoms with van der Waals surface area (Å²) >= 11 is 0. The third-order valence-electron chi connectivity index (χ3n) is 2.41. The van der Waals surface area contributed by atoms with Crippen LogP contribution in [0.5, 0.6) is 0 Å². The predicted octanol–water partition coefficient (Wildman–Crippen LogP) is 5.95. The molecule has 0 heteroatoms. The quantitative estimate of drug-likeness (QED) is 0.424. The van der Waals surface area contributed by atoms with Gasteiger partial charge in [0.15, 0.2) is 0 Å². The summed E-state index contributed by atoms with van der Waals surface area (Å²) in [4.78, 5) is 0. The van der Waals surface area contributed by atoms with Gasteiger partial charge in [0.2, 0.25) is 0 Å². The van der Waals surface area contributed by atoms with Crippen LogP contribution in [0.3, 0.4) is 0 Å². The molecular weight excluding hydrogens is 168 g/mol. The van der Waals surface area contributed by atoms with E-state index in [1.807, 2.05) is 0 Å². The summed E-state index contributed by atoms with van der Waals surface area (Å²) < 4.78 is 0. The van der Waals surface area contributed by atoms with Crippen molar-refractivity contribution in [1.29, 1.82) is 0 Å². The van der Waals surface area contributed by atoms with E-state index >= 15 is 0 Å². The van der Waals surface area contributed by atoms with Crippen LogP contribution in [0.2, 0.25) is 0 Å². The zero-order chi connectivity index (χ0) is 11.1. The van der Waals surface area contributed by atoms with Gasteiger partial charge in [-0.2, -0.15) is 0 Å². The topological polar surface area (TPSA) is 0 Å². The minimum Gasteiger partial charge on any atom is -0.0654 e. The van der Waals surface area contributed by atoms with Crippen LogP contribution in [-0.2, 0) is 0 Å². The van der Waals surface area contributed by atoms with Gasteiger partial charge in [-0.15, -0.1) is 0 Å². The van der Waals surface area contributed by atoms with Gasteiger partial charge in [0.25, 0.3) is 0 Å². The van der Waals surface area contributed by atoms with Crippen LogP contribution in [-0.4, -0.2) is 0 Å². The van der Waals surface area contributed by atoms with E-state index in [1.165, 1.54) is 64.2 Å². The molecule has 0 fully saturated rings. The van der Waals surface area contributed by atoms with Crippen LogP contribution >= 0.6 is 0 Å². The van der Waals surface area contributed by atoms with Crippen LogP contribution in [0.4, 0.5) is 0 Å². The lowest BCUT2D eigenvalue weighted by Crippen LogP contribution is -1.73. The summed E-state index contributed by atoms with van der Waals surface area (Å²) in [5, 5.41) is 0. The van der Waals surface area contributed by atoms with E-state index < -0.39 is 0 Å². The third kappa shape index (κ3) is 22.7. The van der Waals surface area contributed by atoms with E-state index in [4.69, 9.17) is 0 Å². The molecule has 0 nitrogen and oxygen atoms in total. The number of hydrogen-bond acceptors (Lipinski definition) is 0. The van der Waals surface area contributed by atoms with Crippen molar-refractivity contribution in [3.05, 3.63) is 0 Å². The summed E-state index contributed by atoms with van der Waals surface area (Å²) in [7, 11) is 0. The van der Waals surface area contributed by atoms with Gasteiger partial charge >= 0.3 is 0 Å². The Labute approximate surface area is 92.5 Å². The van der Waals surface area contributed by atoms with Crippen molar-refractivity contribution in [3.63, 3.8) is 0 Å². The molecule has 0 aromatic heterocycles. The Balaban J connectivity index is 0. The van der Waals surface area contributed by atoms with Crippen molar-refractivity contribution in [1.82, 2.24) is 0 Å². The lowest BCUT2D eigenvalue weighted by molar-refractivity contribution is 0.624. The van der Waals surface area contributed by atoms with Gasteiger partial charge in [0, 0.05) is 0 Å². The normalized spacial score (nSPS) is 9.43. The largest absolute Gasteiger partial charge is 0.0654 e. The van der Waals surface area contributed by atoms with Gasteiger partial charge in [-0.3, -0.25) is 0 Å². The highest BCUT2D eigenvalue weighted by atomic mass is 13.9. The Morgan fingerprint density at radius 2 is 0.571 bits per heavy atom.